The van der Waals surface area contributed by atoms with Gasteiger partial charge in [0.1, 0.15) is 5.82 Å². The minimum Gasteiger partial charge on any atom is -0.369 e. The van der Waals surface area contributed by atoms with Gasteiger partial charge in [-0.15, -0.1) is 0 Å². The molecule has 0 amide bonds. The number of nitrogens with one attached hydrogen (secondary N) is 1. The van der Waals surface area contributed by atoms with E-state index in [2.05, 4.69) is 15.4 Å². The molecule has 2 heterocycles. The standard InChI is InChI=1S/C16H19N5O2S/c1-11-12(2)20-15-8-10-19-21(15)16(11)18-9-7-13-3-5-14(6-4-13)24(17,22)23/h3-6,8,10,18H,7,9H2,1-2H3,(H2,17,22,23). The number of benzene rings is 1. The first-order chi connectivity index (χ1) is 11.4. The zero-order valence-electron chi connectivity index (χ0n) is 13.5. The van der Waals surface area contributed by atoms with Crippen LogP contribution in [0, 0.1) is 13.8 Å². The van der Waals surface area contributed by atoms with E-state index in [-0.39, 0.29) is 4.90 Å². The normalized spacial score (nSPS) is 11.8. The van der Waals surface area contributed by atoms with Crippen molar-refractivity contribution in [2.24, 2.45) is 5.14 Å². The summed E-state index contributed by atoms with van der Waals surface area (Å²) in [5.74, 6) is 0.920. The van der Waals surface area contributed by atoms with Crippen molar-refractivity contribution in [1.82, 2.24) is 14.6 Å². The predicted octanol–water partition coefficient (Wildman–Crippen LogP) is 1.65. The molecule has 0 atom stereocenters. The highest BCUT2D eigenvalue weighted by atomic mass is 32.2. The summed E-state index contributed by atoms with van der Waals surface area (Å²) in [7, 11) is -3.65. The van der Waals surface area contributed by atoms with E-state index in [1.807, 2.05) is 19.9 Å². The predicted molar refractivity (Wildman–Crippen MR) is 92.5 cm³/mol. The number of anilines is 1. The first-order valence-corrected chi connectivity index (χ1v) is 9.07. The summed E-state index contributed by atoms with van der Waals surface area (Å²) in [6.07, 6.45) is 2.47. The van der Waals surface area contributed by atoms with Gasteiger partial charge < -0.3 is 5.32 Å². The van der Waals surface area contributed by atoms with Gasteiger partial charge in [0.05, 0.1) is 11.1 Å². The maximum Gasteiger partial charge on any atom is 0.238 e. The van der Waals surface area contributed by atoms with Crippen LogP contribution in [-0.2, 0) is 16.4 Å². The van der Waals surface area contributed by atoms with Crippen LogP contribution in [0.2, 0.25) is 0 Å². The highest BCUT2D eigenvalue weighted by Gasteiger charge is 2.10. The summed E-state index contributed by atoms with van der Waals surface area (Å²) >= 11 is 0. The second-order valence-electron chi connectivity index (χ2n) is 5.64. The molecular weight excluding hydrogens is 326 g/mol. The summed E-state index contributed by atoms with van der Waals surface area (Å²) < 4.78 is 24.3. The van der Waals surface area contributed by atoms with Gasteiger partial charge in [-0.25, -0.2) is 18.5 Å². The van der Waals surface area contributed by atoms with Crippen LogP contribution in [0.1, 0.15) is 16.8 Å². The molecule has 3 aromatic rings. The van der Waals surface area contributed by atoms with Gasteiger partial charge in [-0.3, -0.25) is 0 Å². The fourth-order valence-corrected chi connectivity index (χ4v) is 3.03. The lowest BCUT2D eigenvalue weighted by molar-refractivity contribution is 0.598. The summed E-state index contributed by atoms with van der Waals surface area (Å²) in [4.78, 5) is 4.61. The van der Waals surface area contributed by atoms with Gasteiger partial charge in [-0.2, -0.15) is 9.61 Å². The summed E-state index contributed by atoms with van der Waals surface area (Å²) in [5, 5.41) is 12.8. The lowest BCUT2D eigenvalue weighted by atomic mass is 10.1. The molecule has 24 heavy (non-hydrogen) atoms. The molecule has 0 spiro atoms. The minimum atomic E-state index is -3.65. The van der Waals surface area contributed by atoms with Crippen LogP contribution < -0.4 is 10.5 Å². The molecule has 0 unspecified atom stereocenters. The number of aryl methyl sites for hydroxylation is 1. The van der Waals surface area contributed by atoms with E-state index in [1.165, 1.54) is 12.1 Å². The van der Waals surface area contributed by atoms with Crippen LogP contribution in [0.3, 0.4) is 0 Å². The lowest BCUT2D eigenvalue weighted by Gasteiger charge is -2.13. The molecular formula is C16H19N5O2S. The number of hydrogen-bond donors (Lipinski definition) is 2. The molecule has 0 fully saturated rings. The average Bonchev–Trinajstić information content (AvgIpc) is 2.98. The SMILES string of the molecule is Cc1nc2ccnn2c(NCCc2ccc(S(N)(=O)=O)cc2)c1C. The number of nitrogens with zero attached hydrogens (tertiary/aromatic N) is 3. The van der Waals surface area contributed by atoms with Gasteiger partial charge in [-0.1, -0.05) is 12.1 Å². The quantitative estimate of drug-likeness (QED) is 0.732. The van der Waals surface area contributed by atoms with Crippen molar-refractivity contribution in [3.63, 3.8) is 0 Å². The summed E-state index contributed by atoms with van der Waals surface area (Å²) in [5.41, 5.74) is 3.84. The highest BCUT2D eigenvalue weighted by Crippen LogP contribution is 2.18. The van der Waals surface area contributed by atoms with Crippen molar-refractivity contribution in [2.45, 2.75) is 25.2 Å². The van der Waals surface area contributed by atoms with Crippen molar-refractivity contribution in [3.05, 3.63) is 53.3 Å². The highest BCUT2D eigenvalue weighted by molar-refractivity contribution is 7.89. The molecule has 0 saturated heterocycles. The zero-order chi connectivity index (χ0) is 17.3. The third-order valence-electron chi connectivity index (χ3n) is 3.97. The van der Waals surface area contributed by atoms with Crippen LogP contribution in [0.5, 0.6) is 0 Å². The van der Waals surface area contributed by atoms with E-state index in [0.29, 0.717) is 6.54 Å². The summed E-state index contributed by atoms with van der Waals surface area (Å²) in [6, 6.07) is 8.46. The molecule has 0 saturated carbocycles. The fourth-order valence-electron chi connectivity index (χ4n) is 2.52. The molecule has 1 aromatic carbocycles. The van der Waals surface area contributed by atoms with Crippen molar-refractivity contribution in [2.75, 3.05) is 11.9 Å². The Labute approximate surface area is 140 Å². The average molecular weight is 345 g/mol. The molecule has 3 rings (SSSR count). The third kappa shape index (κ3) is 3.24. The van der Waals surface area contributed by atoms with Gasteiger partial charge in [0.15, 0.2) is 5.65 Å². The smallest absolute Gasteiger partial charge is 0.238 e. The number of aromatic nitrogens is 3. The molecule has 0 bridgehead atoms. The van der Waals surface area contributed by atoms with Gasteiger partial charge >= 0.3 is 0 Å². The van der Waals surface area contributed by atoms with E-state index in [0.717, 1.165) is 34.7 Å². The Balaban J connectivity index is 1.73. The Hall–Kier alpha value is -2.45. The fraction of sp³-hybridized carbons (Fsp3) is 0.250. The van der Waals surface area contributed by atoms with Crippen LogP contribution >= 0.6 is 0 Å². The zero-order valence-corrected chi connectivity index (χ0v) is 14.3. The molecule has 0 aliphatic carbocycles. The Morgan fingerprint density at radius 3 is 2.54 bits per heavy atom. The van der Waals surface area contributed by atoms with Crippen LogP contribution in [0.4, 0.5) is 5.82 Å². The second kappa shape index (κ2) is 6.21. The Kier molecular flexibility index (Phi) is 4.25. The van der Waals surface area contributed by atoms with Crippen molar-refractivity contribution < 1.29 is 8.42 Å². The van der Waals surface area contributed by atoms with Crippen molar-refractivity contribution in [1.29, 1.82) is 0 Å². The topological polar surface area (TPSA) is 102 Å². The lowest BCUT2D eigenvalue weighted by Crippen LogP contribution is -2.13. The molecule has 2 aromatic heterocycles. The Bertz CT molecular complexity index is 978. The largest absolute Gasteiger partial charge is 0.369 e. The molecule has 0 aliphatic rings. The van der Waals surface area contributed by atoms with Gasteiger partial charge in [0, 0.05) is 23.9 Å². The number of hydrogen-bond acceptors (Lipinski definition) is 5. The van der Waals surface area contributed by atoms with E-state index in [1.54, 1.807) is 22.8 Å². The second-order valence-corrected chi connectivity index (χ2v) is 7.20. The number of sulfonamides is 1. The van der Waals surface area contributed by atoms with Gasteiger partial charge in [0.25, 0.3) is 0 Å². The Morgan fingerprint density at radius 1 is 1.17 bits per heavy atom. The van der Waals surface area contributed by atoms with Crippen molar-refractivity contribution in [3.8, 4) is 0 Å². The van der Waals surface area contributed by atoms with E-state index >= 15 is 0 Å². The van der Waals surface area contributed by atoms with Crippen LogP contribution in [0.15, 0.2) is 41.4 Å². The number of nitrogens with two attached hydrogens (primary N) is 1. The van der Waals surface area contributed by atoms with Gasteiger partial charge in [-0.05, 0) is 38.0 Å². The van der Waals surface area contributed by atoms with Crippen LogP contribution in [0.25, 0.3) is 5.65 Å². The molecule has 126 valence electrons. The number of primary sulfonamides is 1. The molecule has 0 radical (unpaired) electrons. The van der Waals surface area contributed by atoms with Crippen LogP contribution in [-0.4, -0.2) is 29.6 Å². The van der Waals surface area contributed by atoms with E-state index in [4.69, 9.17) is 5.14 Å². The molecule has 8 heteroatoms. The number of fused-ring (bicyclic) bond motifs is 1. The van der Waals surface area contributed by atoms with Crippen molar-refractivity contribution >= 4 is 21.5 Å². The molecule has 7 nitrogen and oxygen atoms in total. The number of rotatable bonds is 5. The first-order valence-electron chi connectivity index (χ1n) is 7.53. The maximum absolute atomic E-state index is 11.3. The molecule has 3 N–H and O–H groups in total. The third-order valence-corrected chi connectivity index (χ3v) is 4.90. The summed E-state index contributed by atoms with van der Waals surface area (Å²) in [6.45, 7) is 4.67. The Morgan fingerprint density at radius 2 is 1.88 bits per heavy atom. The minimum absolute atomic E-state index is 0.123. The van der Waals surface area contributed by atoms with Gasteiger partial charge in [0.2, 0.25) is 10.0 Å². The van der Waals surface area contributed by atoms with E-state index < -0.39 is 10.0 Å². The monoisotopic (exact) mass is 345 g/mol. The molecule has 0 aliphatic heterocycles. The first kappa shape index (κ1) is 16.4. The van der Waals surface area contributed by atoms with E-state index in [9.17, 15) is 8.42 Å². The maximum atomic E-state index is 11.3.